The second-order valence-corrected chi connectivity index (χ2v) is 6.75. The molecular formula is C18H18N8O2. The molecule has 4 rings (SSSR count). The van der Waals surface area contributed by atoms with Crippen molar-refractivity contribution in [3.8, 4) is 6.07 Å². The maximum atomic E-state index is 12.7. The van der Waals surface area contributed by atoms with Crippen molar-refractivity contribution in [3.05, 3.63) is 50.9 Å². The molecule has 28 heavy (non-hydrogen) atoms. The Morgan fingerprint density at radius 1 is 1.11 bits per heavy atom. The zero-order valence-electron chi connectivity index (χ0n) is 15.2. The normalized spacial score (nSPS) is 14.9. The van der Waals surface area contributed by atoms with Crippen LogP contribution < -0.4 is 21.8 Å². The van der Waals surface area contributed by atoms with E-state index >= 15 is 0 Å². The Morgan fingerprint density at radius 3 is 2.43 bits per heavy atom. The van der Waals surface area contributed by atoms with E-state index in [4.69, 9.17) is 11.0 Å². The lowest BCUT2D eigenvalue weighted by Gasteiger charge is -2.33. The van der Waals surface area contributed by atoms with Crippen LogP contribution in [0.5, 0.6) is 0 Å². The van der Waals surface area contributed by atoms with E-state index < -0.39 is 11.1 Å². The third-order valence-corrected chi connectivity index (χ3v) is 5.04. The van der Waals surface area contributed by atoms with Crippen LogP contribution in [-0.2, 0) is 7.05 Å². The van der Waals surface area contributed by atoms with E-state index in [2.05, 4.69) is 15.0 Å². The molecule has 0 amide bonds. The third-order valence-electron chi connectivity index (χ3n) is 5.04. The van der Waals surface area contributed by atoms with Gasteiger partial charge in [0.15, 0.2) is 5.65 Å². The smallest absolute Gasteiger partial charge is 0.318 e. The Morgan fingerprint density at radius 2 is 1.79 bits per heavy atom. The van der Waals surface area contributed by atoms with Gasteiger partial charge in [-0.25, -0.2) is 15.0 Å². The first-order chi connectivity index (χ1) is 13.5. The Kier molecular flexibility index (Phi) is 4.27. The van der Waals surface area contributed by atoms with Crippen LogP contribution in [0.15, 0.2) is 34.2 Å². The van der Waals surface area contributed by atoms with Gasteiger partial charge < -0.3 is 15.2 Å². The maximum absolute atomic E-state index is 12.7. The zero-order valence-corrected chi connectivity index (χ0v) is 15.2. The van der Waals surface area contributed by atoms with Crippen molar-refractivity contribution < 1.29 is 0 Å². The first-order valence-corrected chi connectivity index (χ1v) is 8.83. The van der Waals surface area contributed by atoms with Gasteiger partial charge in [-0.1, -0.05) is 0 Å². The summed E-state index contributed by atoms with van der Waals surface area (Å²) in [5.41, 5.74) is 6.44. The number of aryl methyl sites for hydroxylation is 1. The lowest BCUT2D eigenvalue weighted by Crippen LogP contribution is -2.45. The summed E-state index contributed by atoms with van der Waals surface area (Å²) in [5, 5.41) is 8.85. The van der Waals surface area contributed by atoms with E-state index in [9.17, 15) is 9.59 Å². The fraction of sp³-hybridized carbons (Fsp3) is 0.333. The van der Waals surface area contributed by atoms with Crippen molar-refractivity contribution in [2.75, 3.05) is 23.7 Å². The summed E-state index contributed by atoms with van der Waals surface area (Å²) >= 11 is 0. The van der Waals surface area contributed by atoms with Gasteiger partial charge in [-0.2, -0.15) is 5.26 Å². The van der Waals surface area contributed by atoms with E-state index in [1.165, 1.54) is 27.7 Å². The van der Waals surface area contributed by atoms with E-state index in [0.717, 1.165) is 0 Å². The summed E-state index contributed by atoms with van der Waals surface area (Å²) in [5.74, 6) is 0.546. The van der Waals surface area contributed by atoms with Crippen LogP contribution in [0.1, 0.15) is 24.4 Å². The van der Waals surface area contributed by atoms with Gasteiger partial charge in [0.25, 0.3) is 0 Å². The average molecular weight is 378 g/mol. The fourth-order valence-electron chi connectivity index (χ4n) is 3.55. The molecule has 1 fully saturated rings. The third kappa shape index (κ3) is 2.87. The quantitative estimate of drug-likeness (QED) is 0.624. The highest BCUT2D eigenvalue weighted by Crippen LogP contribution is 2.25. The summed E-state index contributed by atoms with van der Waals surface area (Å²) in [7, 11) is 1.54. The first-order valence-electron chi connectivity index (χ1n) is 8.83. The summed E-state index contributed by atoms with van der Waals surface area (Å²) < 4.78 is 2.78. The zero-order chi connectivity index (χ0) is 19.8. The minimum absolute atomic E-state index is 0.158. The summed E-state index contributed by atoms with van der Waals surface area (Å²) in [6.45, 7) is 1.24. The number of nitrogens with two attached hydrogens (primary N) is 1. The fourth-order valence-corrected chi connectivity index (χ4v) is 3.55. The summed E-state index contributed by atoms with van der Waals surface area (Å²) in [6, 6.07) is 3.49. The number of nitriles is 1. The van der Waals surface area contributed by atoms with Gasteiger partial charge in [0, 0.05) is 26.2 Å². The van der Waals surface area contributed by atoms with Crippen LogP contribution >= 0.6 is 0 Å². The summed E-state index contributed by atoms with van der Waals surface area (Å²) in [6.07, 6.45) is 5.74. The topological polar surface area (TPSA) is 136 Å². The first kappa shape index (κ1) is 17.7. The Hall–Kier alpha value is -3.74. The molecule has 1 aliphatic heterocycles. The van der Waals surface area contributed by atoms with Crippen molar-refractivity contribution in [1.82, 2.24) is 24.1 Å². The molecule has 3 aromatic heterocycles. The lowest BCUT2D eigenvalue weighted by atomic mass is 10.0. The molecule has 1 saturated heterocycles. The molecule has 2 N–H and O–H groups in total. The van der Waals surface area contributed by atoms with Crippen LogP contribution in [0.2, 0.25) is 0 Å². The predicted molar refractivity (Wildman–Crippen MR) is 103 cm³/mol. The predicted octanol–water partition coefficient (Wildman–Crippen LogP) is 0.181. The second kappa shape index (κ2) is 6.77. The molecule has 0 aliphatic carbocycles. The van der Waals surface area contributed by atoms with Gasteiger partial charge in [0.1, 0.15) is 6.07 Å². The number of piperidine rings is 1. The maximum Gasteiger partial charge on any atom is 0.318 e. The number of pyridine rings is 1. The SMILES string of the molecule is Cn1c(=O)c(=O)n(C2CCN(c3ncc(C#N)cn3)CC2)c2ncc(N)cc21. The Balaban J connectivity index is 1.66. The molecule has 0 bridgehead atoms. The van der Waals surface area contributed by atoms with E-state index in [1.807, 2.05) is 11.0 Å². The van der Waals surface area contributed by atoms with E-state index in [0.29, 0.717) is 54.3 Å². The Labute approximate surface area is 159 Å². The molecule has 1 aliphatic rings. The van der Waals surface area contributed by atoms with E-state index in [-0.39, 0.29) is 6.04 Å². The minimum atomic E-state index is -0.599. The van der Waals surface area contributed by atoms with Gasteiger partial charge in [-0.05, 0) is 18.9 Å². The number of hydrogen-bond acceptors (Lipinski definition) is 8. The van der Waals surface area contributed by atoms with Crippen molar-refractivity contribution in [1.29, 1.82) is 5.26 Å². The molecule has 0 saturated carbocycles. The van der Waals surface area contributed by atoms with Crippen molar-refractivity contribution in [2.24, 2.45) is 7.05 Å². The van der Waals surface area contributed by atoms with E-state index in [1.54, 1.807) is 13.1 Å². The monoisotopic (exact) mass is 378 g/mol. The number of fused-ring (bicyclic) bond motifs is 1. The highest BCUT2D eigenvalue weighted by Gasteiger charge is 2.26. The van der Waals surface area contributed by atoms with Crippen molar-refractivity contribution >= 4 is 22.8 Å². The molecule has 0 aromatic carbocycles. The molecule has 0 radical (unpaired) electrons. The average Bonchev–Trinajstić information content (AvgIpc) is 2.73. The molecule has 0 unspecified atom stereocenters. The Bertz CT molecular complexity index is 1200. The molecule has 3 aromatic rings. The second-order valence-electron chi connectivity index (χ2n) is 6.75. The van der Waals surface area contributed by atoms with Gasteiger partial charge >= 0.3 is 11.1 Å². The highest BCUT2D eigenvalue weighted by molar-refractivity contribution is 5.74. The van der Waals surface area contributed by atoms with Crippen LogP contribution in [0.3, 0.4) is 0 Å². The number of nitrogen functional groups attached to an aromatic ring is 1. The number of rotatable bonds is 2. The molecule has 0 spiro atoms. The van der Waals surface area contributed by atoms with Gasteiger partial charge in [-0.15, -0.1) is 0 Å². The largest absolute Gasteiger partial charge is 0.397 e. The molecule has 10 heteroatoms. The molecule has 4 heterocycles. The van der Waals surface area contributed by atoms with Gasteiger partial charge in [-0.3, -0.25) is 14.2 Å². The molecule has 10 nitrogen and oxygen atoms in total. The van der Waals surface area contributed by atoms with Crippen LogP contribution in [0.4, 0.5) is 11.6 Å². The minimum Gasteiger partial charge on any atom is -0.397 e. The highest BCUT2D eigenvalue weighted by atomic mass is 16.2. The van der Waals surface area contributed by atoms with Crippen LogP contribution in [-0.4, -0.2) is 37.2 Å². The van der Waals surface area contributed by atoms with Crippen molar-refractivity contribution in [2.45, 2.75) is 18.9 Å². The number of aromatic nitrogens is 5. The molecule has 142 valence electrons. The van der Waals surface area contributed by atoms with Gasteiger partial charge in [0.2, 0.25) is 5.95 Å². The lowest BCUT2D eigenvalue weighted by molar-refractivity contribution is 0.389. The standard InChI is InChI=1S/C18H18N8O2/c1-24-14-6-12(20)10-21-15(14)26(17(28)16(24)27)13-2-4-25(5-3-13)18-22-8-11(7-19)9-23-18/h6,8-10,13H,2-5,20H2,1H3. The van der Waals surface area contributed by atoms with Crippen LogP contribution in [0, 0.1) is 11.3 Å². The van der Waals surface area contributed by atoms with Crippen LogP contribution in [0.25, 0.3) is 11.2 Å². The number of anilines is 2. The molecular weight excluding hydrogens is 360 g/mol. The van der Waals surface area contributed by atoms with Crippen molar-refractivity contribution in [3.63, 3.8) is 0 Å². The number of nitrogens with zero attached hydrogens (tertiary/aromatic N) is 7. The van der Waals surface area contributed by atoms with Gasteiger partial charge in [0.05, 0.1) is 35.4 Å². The number of hydrogen-bond donors (Lipinski definition) is 1. The molecule has 0 atom stereocenters. The summed E-state index contributed by atoms with van der Waals surface area (Å²) in [4.78, 5) is 39.9.